The average Bonchev–Trinajstić information content (AvgIpc) is 2.54. The van der Waals surface area contributed by atoms with E-state index in [1.165, 1.54) is 0 Å². The highest BCUT2D eigenvalue weighted by molar-refractivity contribution is 5.93. The topological polar surface area (TPSA) is 59.0 Å². The SMILES string of the molecule is Cc1nn(C(C)C)c(C)c1NC(=O)C(C)C1CNC1. The molecule has 106 valence electrons. The molecule has 1 amide bonds. The number of anilines is 1. The fourth-order valence-corrected chi connectivity index (χ4v) is 2.46. The third-order valence-electron chi connectivity index (χ3n) is 4.00. The van der Waals surface area contributed by atoms with Crippen molar-refractivity contribution in [1.29, 1.82) is 0 Å². The lowest BCUT2D eigenvalue weighted by Crippen LogP contribution is -2.48. The molecule has 1 atom stereocenters. The van der Waals surface area contributed by atoms with E-state index in [1.807, 2.05) is 25.5 Å². The number of aromatic nitrogens is 2. The smallest absolute Gasteiger partial charge is 0.227 e. The average molecular weight is 264 g/mol. The molecule has 2 heterocycles. The lowest BCUT2D eigenvalue weighted by atomic mass is 9.88. The number of nitrogens with one attached hydrogen (secondary N) is 2. The third-order valence-corrected chi connectivity index (χ3v) is 4.00. The summed E-state index contributed by atoms with van der Waals surface area (Å²) >= 11 is 0. The second kappa shape index (κ2) is 5.33. The zero-order valence-electron chi connectivity index (χ0n) is 12.4. The first-order chi connectivity index (χ1) is 8.91. The summed E-state index contributed by atoms with van der Waals surface area (Å²) in [6.07, 6.45) is 0. The van der Waals surface area contributed by atoms with Gasteiger partial charge in [-0.25, -0.2) is 0 Å². The number of hydrogen-bond acceptors (Lipinski definition) is 3. The molecule has 0 aromatic carbocycles. The summed E-state index contributed by atoms with van der Waals surface area (Å²) in [6.45, 7) is 12.0. The Labute approximate surface area is 114 Å². The zero-order valence-corrected chi connectivity index (χ0v) is 12.4. The number of aryl methyl sites for hydroxylation is 1. The highest BCUT2D eigenvalue weighted by Gasteiger charge is 2.29. The van der Waals surface area contributed by atoms with Gasteiger partial charge in [0.05, 0.1) is 17.1 Å². The first kappa shape index (κ1) is 14.1. The highest BCUT2D eigenvalue weighted by atomic mass is 16.1. The van der Waals surface area contributed by atoms with E-state index in [0.29, 0.717) is 12.0 Å². The van der Waals surface area contributed by atoms with Gasteiger partial charge in [0.15, 0.2) is 0 Å². The van der Waals surface area contributed by atoms with E-state index in [1.54, 1.807) is 0 Å². The molecule has 2 N–H and O–H groups in total. The summed E-state index contributed by atoms with van der Waals surface area (Å²) in [4.78, 5) is 12.3. The number of rotatable bonds is 4. The Balaban J connectivity index is 2.12. The van der Waals surface area contributed by atoms with Crippen molar-refractivity contribution in [1.82, 2.24) is 15.1 Å². The Hall–Kier alpha value is -1.36. The summed E-state index contributed by atoms with van der Waals surface area (Å²) in [7, 11) is 0. The van der Waals surface area contributed by atoms with Crippen molar-refractivity contribution < 1.29 is 4.79 Å². The molecule has 1 saturated heterocycles. The Kier molecular flexibility index (Phi) is 3.94. The van der Waals surface area contributed by atoms with Crippen LogP contribution in [0.15, 0.2) is 0 Å². The van der Waals surface area contributed by atoms with Gasteiger partial charge in [-0.3, -0.25) is 9.48 Å². The first-order valence-electron chi connectivity index (χ1n) is 6.99. The first-order valence-corrected chi connectivity index (χ1v) is 6.99. The lowest BCUT2D eigenvalue weighted by molar-refractivity contribution is -0.121. The van der Waals surface area contributed by atoms with E-state index in [9.17, 15) is 4.79 Å². The van der Waals surface area contributed by atoms with Crippen molar-refractivity contribution in [3.63, 3.8) is 0 Å². The van der Waals surface area contributed by atoms with Gasteiger partial charge in [-0.2, -0.15) is 5.10 Å². The highest BCUT2D eigenvalue weighted by Crippen LogP contribution is 2.24. The van der Waals surface area contributed by atoms with E-state index in [2.05, 4.69) is 29.6 Å². The van der Waals surface area contributed by atoms with Crippen LogP contribution in [0.5, 0.6) is 0 Å². The molecule has 0 radical (unpaired) electrons. The van der Waals surface area contributed by atoms with Crippen LogP contribution in [0, 0.1) is 25.7 Å². The molecule has 1 aromatic heterocycles. The summed E-state index contributed by atoms with van der Waals surface area (Å²) < 4.78 is 1.96. The van der Waals surface area contributed by atoms with Gasteiger partial charge < -0.3 is 10.6 Å². The fraction of sp³-hybridized carbons (Fsp3) is 0.714. The summed E-state index contributed by atoms with van der Waals surface area (Å²) in [5, 5.41) is 10.7. The number of amides is 1. The summed E-state index contributed by atoms with van der Waals surface area (Å²) in [6, 6.07) is 0.303. The molecule has 1 fully saturated rings. The Morgan fingerprint density at radius 1 is 1.37 bits per heavy atom. The van der Waals surface area contributed by atoms with E-state index < -0.39 is 0 Å². The predicted molar refractivity (Wildman–Crippen MR) is 76.2 cm³/mol. The third kappa shape index (κ3) is 2.66. The molecule has 5 nitrogen and oxygen atoms in total. The van der Waals surface area contributed by atoms with Crippen LogP contribution in [0.4, 0.5) is 5.69 Å². The van der Waals surface area contributed by atoms with Crippen molar-refractivity contribution in [2.45, 2.75) is 40.7 Å². The fourth-order valence-electron chi connectivity index (χ4n) is 2.46. The molecular formula is C14H24N4O. The maximum Gasteiger partial charge on any atom is 0.227 e. The minimum absolute atomic E-state index is 0.0439. The quantitative estimate of drug-likeness (QED) is 0.873. The van der Waals surface area contributed by atoms with Crippen molar-refractivity contribution >= 4 is 11.6 Å². The molecule has 5 heteroatoms. The second-order valence-electron chi connectivity index (χ2n) is 5.78. The van der Waals surface area contributed by atoms with Gasteiger partial charge in [0.1, 0.15) is 0 Å². The van der Waals surface area contributed by atoms with Gasteiger partial charge in [-0.05, 0) is 46.7 Å². The number of carbonyl (C=O) groups excluding carboxylic acids is 1. The van der Waals surface area contributed by atoms with Gasteiger partial charge >= 0.3 is 0 Å². The minimum atomic E-state index is 0.0439. The van der Waals surface area contributed by atoms with Crippen molar-refractivity contribution in [2.24, 2.45) is 11.8 Å². The largest absolute Gasteiger partial charge is 0.323 e. The van der Waals surface area contributed by atoms with Gasteiger partial charge in [-0.15, -0.1) is 0 Å². The van der Waals surface area contributed by atoms with Crippen LogP contribution in [0.25, 0.3) is 0 Å². The van der Waals surface area contributed by atoms with Crippen LogP contribution in [-0.2, 0) is 4.79 Å². The maximum absolute atomic E-state index is 12.3. The van der Waals surface area contributed by atoms with Crippen LogP contribution in [0.1, 0.15) is 38.2 Å². The van der Waals surface area contributed by atoms with Crippen molar-refractivity contribution in [3.8, 4) is 0 Å². The summed E-state index contributed by atoms with van der Waals surface area (Å²) in [5.41, 5.74) is 2.79. The standard InChI is InChI=1S/C14H24N4O/c1-8(2)18-11(5)13(10(4)17-18)16-14(19)9(3)12-6-15-7-12/h8-9,12,15H,6-7H2,1-5H3,(H,16,19). The molecule has 0 saturated carbocycles. The molecule has 2 rings (SSSR count). The maximum atomic E-state index is 12.3. The van der Waals surface area contributed by atoms with Crippen LogP contribution < -0.4 is 10.6 Å². The molecule has 0 bridgehead atoms. The molecule has 1 unspecified atom stereocenters. The van der Waals surface area contributed by atoms with Gasteiger partial charge in [0.25, 0.3) is 0 Å². The monoisotopic (exact) mass is 264 g/mol. The molecule has 0 aliphatic carbocycles. The number of hydrogen-bond donors (Lipinski definition) is 2. The minimum Gasteiger partial charge on any atom is -0.323 e. The molecular weight excluding hydrogens is 240 g/mol. The van der Waals surface area contributed by atoms with Gasteiger partial charge in [0.2, 0.25) is 5.91 Å². The Bertz CT molecular complexity index is 474. The number of carbonyl (C=O) groups is 1. The molecule has 1 aliphatic heterocycles. The normalized spacial score (nSPS) is 17.4. The van der Waals surface area contributed by atoms with Gasteiger partial charge in [0, 0.05) is 12.0 Å². The predicted octanol–water partition coefficient (Wildman–Crippen LogP) is 1.87. The molecule has 1 aromatic rings. The van der Waals surface area contributed by atoms with Crippen LogP contribution >= 0.6 is 0 Å². The van der Waals surface area contributed by atoms with Crippen molar-refractivity contribution in [2.75, 3.05) is 18.4 Å². The second-order valence-corrected chi connectivity index (χ2v) is 5.78. The van der Waals surface area contributed by atoms with Crippen LogP contribution in [0.2, 0.25) is 0 Å². The van der Waals surface area contributed by atoms with Crippen LogP contribution in [-0.4, -0.2) is 28.8 Å². The van der Waals surface area contributed by atoms with E-state index in [-0.39, 0.29) is 11.8 Å². The summed E-state index contributed by atoms with van der Waals surface area (Å²) in [5.74, 6) is 0.601. The molecule has 0 spiro atoms. The lowest BCUT2D eigenvalue weighted by Gasteiger charge is -2.31. The van der Waals surface area contributed by atoms with E-state index in [4.69, 9.17) is 0 Å². The van der Waals surface area contributed by atoms with Crippen LogP contribution in [0.3, 0.4) is 0 Å². The van der Waals surface area contributed by atoms with Gasteiger partial charge in [-0.1, -0.05) is 6.92 Å². The molecule has 19 heavy (non-hydrogen) atoms. The molecule has 1 aliphatic rings. The zero-order chi connectivity index (χ0) is 14.2. The van der Waals surface area contributed by atoms with E-state index >= 15 is 0 Å². The Morgan fingerprint density at radius 3 is 2.42 bits per heavy atom. The Morgan fingerprint density at radius 2 is 2.00 bits per heavy atom. The van der Waals surface area contributed by atoms with Crippen molar-refractivity contribution in [3.05, 3.63) is 11.4 Å². The van der Waals surface area contributed by atoms with E-state index in [0.717, 1.165) is 30.2 Å². The number of nitrogens with zero attached hydrogens (tertiary/aromatic N) is 2.